The number of hydrogen-bond acceptors (Lipinski definition) is 6. The largest absolute Gasteiger partial charge is 0.489 e. The van der Waals surface area contributed by atoms with Gasteiger partial charge in [0.15, 0.2) is 5.82 Å². The molecule has 36 heavy (non-hydrogen) atoms. The molecule has 0 fully saturated rings. The molecule has 1 amide bonds. The molecule has 1 heterocycles. The Bertz CT molecular complexity index is 1190. The van der Waals surface area contributed by atoms with Gasteiger partial charge in [0.1, 0.15) is 5.75 Å². The molecule has 1 aromatic heterocycles. The number of carbonyl (C=O) groups is 1. The van der Waals surface area contributed by atoms with E-state index in [0.29, 0.717) is 40.7 Å². The number of amides is 1. The highest BCUT2D eigenvalue weighted by atomic mass is 35.5. The van der Waals surface area contributed by atoms with E-state index in [1.54, 1.807) is 18.2 Å². The third-order valence-electron chi connectivity index (χ3n) is 5.47. The third kappa shape index (κ3) is 7.10. The smallest absolute Gasteiger partial charge is 0.251 e. The lowest BCUT2D eigenvalue weighted by Gasteiger charge is -2.19. The summed E-state index contributed by atoms with van der Waals surface area (Å²) in [5, 5.41) is 12.9. The van der Waals surface area contributed by atoms with Crippen LogP contribution in [0.3, 0.4) is 0 Å². The lowest BCUT2D eigenvalue weighted by molar-refractivity contribution is 0.0930. The quantitative estimate of drug-likeness (QED) is 0.312. The first-order valence-electron chi connectivity index (χ1n) is 11.7. The highest BCUT2D eigenvalue weighted by Crippen LogP contribution is 2.27. The summed E-state index contributed by atoms with van der Waals surface area (Å²) < 4.78 is 7.51. The van der Waals surface area contributed by atoms with Crippen molar-refractivity contribution in [3.63, 3.8) is 0 Å². The van der Waals surface area contributed by atoms with E-state index in [-0.39, 0.29) is 24.7 Å². The van der Waals surface area contributed by atoms with Gasteiger partial charge in [0.05, 0.1) is 29.6 Å². The highest BCUT2D eigenvalue weighted by molar-refractivity contribution is 6.32. The summed E-state index contributed by atoms with van der Waals surface area (Å²) >= 11 is 6.29. The van der Waals surface area contributed by atoms with Gasteiger partial charge in [-0.3, -0.25) is 15.1 Å². The topological polar surface area (TPSA) is 97.6 Å². The second kappa shape index (κ2) is 12.6. The highest BCUT2D eigenvalue weighted by Gasteiger charge is 2.17. The zero-order valence-electron chi connectivity index (χ0n) is 21.0. The molecule has 0 aliphatic rings. The van der Waals surface area contributed by atoms with Crippen molar-refractivity contribution in [3.8, 4) is 17.0 Å². The zero-order chi connectivity index (χ0) is 26.2. The molecule has 0 aliphatic heterocycles. The number of nitrogens with one attached hydrogen (secondary N) is 2. The second-order valence-electron chi connectivity index (χ2n) is 8.74. The number of hydroxylamine groups is 1. The summed E-state index contributed by atoms with van der Waals surface area (Å²) in [6, 6.07) is 12.7. The molecule has 3 aromatic rings. The first-order chi connectivity index (χ1) is 17.2. The van der Waals surface area contributed by atoms with E-state index in [2.05, 4.69) is 22.4 Å². The molecule has 3 rings (SSSR count). The molecule has 1 atom stereocenters. The fourth-order valence-corrected chi connectivity index (χ4v) is 4.02. The molecule has 0 bridgehead atoms. The minimum absolute atomic E-state index is 0.0191. The maximum atomic E-state index is 12.9. The lowest BCUT2D eigenvalue weighted by Crippen LogP contribution is -2.37. The van der Waals surface area contributed by atoms with Crippen molar-refractivity contribution in [1.29, 1.82) is 0 Å². The van der Waals surface area contributed by atoms with Crippen LogP contribution in [0.5, 0.6) is 5.75 Å². The summed E-state index contributed by atoms with van der Waals surface area (Å²) in [6.07, 6.45) is 2.89. The van der Waals surface area contributed by atoms with E-state index in [1.807, 2.05) is 55.9 Å². The Morgan fingerprint density at radius 3 is 2.56 bits per heavy atom. The molecule has 3 N–H and O–H groups in total. The number of aryl methyl sites for hydroxylation is 1. The van der Waals surface area contributed by atoms with Crippen LogP contribution in [0.1, 0.15) is 42.0 Å². The molecule has 0 saturated carbocycles. The maximum absolute atomic E-state index is 12.9. The second-order valence-corrected chi connectivity index (χ2v) is 9.15. The van der Waals surface area contributed by atoms with Crippen LogP contribution in [-0.2, 0) is 18.3 Å². The number of halogens is 1. The number of imidazole rings is 1. The molecule has 0 saturated heterocycles. The fourth-order valence-electron chi connectivity index (χ4n) is 3.79. The number of ether oxygens (including phenoxy) is 1. The van der Waals surface area contributed by atoms with E-state index in [1.165, 1.54) is 7.11 Å². The van der Waals surface area contributed by atoms with Crippen LogP contribution < -0.4 is 15.5 Å². The predicted molar refractivity (Wildman–Crippen MR) is 142 cm³/mol. The number of aliphatic hydroxyl groups is 1. The van der Waals surface area contributed by atoms with E-state index in [0.717, 1.165) is 16.8 Å². The van der Waals surface area contributed by atoms with E-state index in [9.17, 15) is 9.90 Å². The molecule has 9 heteroatoms. The van der Waals surface area contributed by atoms with Crippen LogP contribution in [0.15, 0.2) is 55.2 Å². The van der Waals surface area contributed by atoms with Gasteiger partial charge >= 0.3 is 0 Å². The first kappa shape index (κ1) is 27.3. The number of benzene rings is 2. The lowest BCUT2D eigenvalue weighted by atomic mass is 10.0. The van der Waals surface area contributed by atoms with E-state index < -0.39 is 0 Å². The number of carbonyl (C=O) groups excluding carboxylic acids is 1. The van der Waals surface area contributed by atoms with Crippen LogP contribution in [0.2, 0.25) is 5.02 Å². The number of aliphatic hydroxyl groups excluding tert-OH is 1. The normalized spacial score (nSPS) is 11.9. The molecular weight excluding hydrogens is 480 g/mol. The minimum Gasteiger partial charge on any atom is -0.489 e. The average molecular weight is 513 g/mol. The van der Waals surface area contributed by atoms with Gasteiger partial charge in [0.25, 0.3) is 5.91 Å². The van der Waals surface area contributed by atoms with Gasteiger partial charge in [0, 0.05) is 37.0 Å². The van der Waals surface area contributed by atoms with Gasteiger partial charge in [-0.15, -0.1) is 0 Å². The zero-order valence-corrected chi connectivity index (χ0v) is 21.8. The summed E-state index contributed by atoms with van der Waals surface area (Å²) in [6.45, 7) is 7.71. The molecule has 0 aliphatic carbocycles. The summed E-state index contributed by atoms with van der Waals surface area (Å²) in [7, 11) is 3.41. The van der Waals surface area contributed by atoms with Crippen LogP contribution in [0.4, 0.5) is 0 Å². The number of rotatable bonds is 12. The molecule has 8 nitrogen and oxygen atoms in total. The van der Waals surface area contributed by atoms with Crippen LogP contribution >= 0.6 is 11.6 Å². The Hall–Kier alpha value is -3.33. The SMILES string of the molecule is C=C(NOC)c1nc(-c2ccc(C[C@@H](CCO)NC(=O)c3ccc(OC(C)C)c(Cl)c3)cc2)cn1C. The van der Waals surface area contributed by atoms with Crippen molar-refractivity contribution >= 4 is 23.2 Å². The maximum Gasteiger partial charge on any atom is 0.251 e. The molecule has 0 radical (unpaired) electrons. The molecule has 0 spiro atoms. The monoisotopic (exact) mass is 512 g/mol. The number of aromatic nitrogens is 2. The Labute approximate surface area is 216 Å². The average Bonchev–Trinajstić information content (AvgIpc) is 3.22. The number of hydrogen-bond donors (Lipinski definition) is 3. The Kier molecular flexibility index (Phi) is 9.52. The molecule has 0 unspecified atom stereocenters. The van der Waals surface area contributed by atoms with Gasteiger partial charge < -0.3 is 19.7 Å². The van der Waals surface area contributed by atoms with Crippen molar-refractivity contribution in [2.75, 3.05) is 13.7 Å². The Morgan fingerprint density at radius 2 is 1.94 bits per heavy atom. The van der Waals surface area contributed by atoms with Gasteiger partial charge in [-0.25, -0.2) is 4.98 Å². The van der Waals surface area contributed by atoms with Crippen LogP contribution in [0.25, 0.3) is 17.0 Å². The van der Waals surface area contributed by atoms with Gasteiger partial charge in [-0.05, 0) is 50.5 Å². The third-order valence-corrected chi connectivity index (χ3v) is 5.77. The van der Waals surface area contributed by atoms with Crippen molar-refractivity contribution in [3.05, 3.63) is 77.2 Å². The van der Waals surface area contributed by atoms with Gasteiger partial charge in [0.2, 0.25) is 0 Å². The molecular formula is C27H33ClN4O4. The fraction of sp³-hybridized carbons (Fsp3) is 0.333. The van der Waals surface area contributed by atoms with Crippen LogP contribution in [0, 0.1) is 0 Å². The van der Waals surface area contributed by atoms with Gasteiger partial charge in [-0.1, -0.05) is 42.4 Å². The van der Waals surface area contributed by atoms with Crippen LogP contribution in [-0.4, -0.2) is 46.4 Å². The first-order valence-corrected chi connectivity index (χ1v) is 12.1. The van der Waals surface area contributed by atoms with Gasteiger partial charge in [-0.2, -0.15) is 0 Å². The summed E-state index contributed by atoms with van der Waals surface area (Å²) in [4.78, 5) is 22.4. The van der Waals surface area contributed by atoms with E-state index >= 15 is 0 Å². The Morgan fingerprint density at radius 1 is 1.22 bits per heavy atom. The summed E-state index contributed by atoms with van der Waals surface area (Å²) in [5.41, 5.74) is 6.49. The van der Waals surface area contributed by atoms with E-state index in [4.69, 9.17) is 21.2 Å². The molecule has 2 aromatic carbocycles. The Balaban J connectivity index is 1.68. The minimum atomic E-state index is -0.256. The van der Waals surface area contributed by atoms with Crippen molar-refractivity contribution < 1.29 is 19.5 Å². The standard InChI is InChI=1S/C27H33ClN4O4/c1-17(2)36-25-11-10-21(15-23(25)28)27(34)29-22(12-13-33)14-19-6-8-20(9-7-19)24-16-32(4)26(30-24)18(3)31-35-5/h6-11,15-17,22,31,33H,3,12-14H2,1-2,4-5H3,(H,29,34)/t22-/m1/s1. The predicted octanol–water partition coefficient (Wildman–Crippen LogP) is 4.37. The molecule has 192 valence electrons. The van der Waals surface area contributed by atoms with Crippen molar-refractivity contribution in [1.82, 2.24) is 20.3 Å². The summed E-state index contributed by atoms with van der Waals surface area (Å²) in [5.74, 6) is 0.953. The van der Waals surface area contributed by atoms with Crippen molar-refractivity contribution in [2.45, 2.75) is 38.8 Å². The number of nitrogens with zero attached hydrogens (tertiary/aromatic N) is 2. The van der Waals surface area contributed by atoms with Crippen molar-refractivity contribution in [2.24, 2.45) is 7.05 Å².